The van der Waals surface area contributed by atoms with Crippen molar-refractivity contribution in [2.45, 2.75) is 37.1 Å². The molecule has 0 spiro atoms. The second-order valence-corrected chi connectivity index (χ2v) is 5.58. The Labute approximate surface area is 107 Å². The highest BCUT2D eigenvalue weighted by molar-refractivity contribution is 7.99. The normalized spacial score (nSPS) is 23.5. The van der Waals surface area contributed by atoms with Crippen LogP contribution < -0.4 is 5.32 Å². The van der Waals surface area contributed by atoms with Gasteiger partial charge in [-0.1, -0.05) is 18.6 Å². The monoisotopic (exact) mass is 246 g/mol. The molecule has 17 heavy (non-hydrogen) atoms. The van der Waals surface area contributed by atoms with Crippen LogP contribution in [0, 0.1) is 11.3 Å². The molecule has 0 heterocycles. The minimum absolute atomic E-state index is 0.635. The van der Waals surface area contributed by atoms with E-state index < -0.39 is 0 Å². The van der Waals surface area contributed by atoms with Crippen LogP contribution in [0.25, 0.3) is 0 Å². The summed E-state index contributed by atoms with van der Waals surface area (Å²) in [6.45, 7) is 0.872. The van der Waals surface area contributed by atoms with Gasteiger partial charge in [0.25, 0.3) is 0 Å². The zero-order valence-electron chi connectivity index (χ0n) is 10.1. The lowest BCUT2D eigenvalue weighted by Gasteiger charge is -2.19. The van der Waals surface area contributed by atoms with Crippen LogP contribution in [-0.4, -0.2) is 17.5 Å². The summed E-state index contributed by atoms with van der Waals surface area (Å²) in [5.41, 5.74) is 1.95. The number of nitrogens with zero attached hydrogens (tertiary/aromatic N) is 1. The van der Waals surface area contributed by atoms with Crippen LogP contribution in [0.3, 0.4) is 0 Å². The number of hydrogen-bond acceptors (Lipinski definition) is 3. The van der Waals surface area contributed by atoms with E-state index in [1.165, 1.54) is 24.8 Å². The van der Waals surface area contributed by atoms with Gasteiger partial charge in [0.1, 0.15) is 0 Å². The standard InChI is InChI=1S/C14H18N2S/c1-17-14-7-3-6-13(14)16-10-12-5-2-4-11(8-12)9-15/h2,4-5,8,13-14,16H,3,6-7,10H2,1H3. The largest absolute Gasteiger partial charge is 0.309 e. The smallest absolute Gasteiger partial charge is 0.0991 e. The van der Waals surface area contributed by atoms with E-state index in [0.29, 0.717) is 6.04 Å². The molecular weight excluding hydrogens is 228 g/mol. The Morgan fingerprint density at radius 3 is 3.12 bits per heavy atom. The van der Waals surface area contributed by atoms with Crippen molar-refractivity contribution in [3.8, 4) is 6.07 Å². The van der Waals surface area contributed by atoms with Crippen molar-refractivity contribution < 1.29 is 0 Å². The van der Waals surface area contributed by atoms with Gasteiger partial charge in [0.15, 0.2) is 0 Å². The van der Waals surface area contributed by atoms with Crippen LogP contribution in [-0.2, 0) is 6.54 Å². The summed E-state index contributed by atoms with van der Waals surface area (Å²) >= 11 is 1.97. The summed E-state index contributed by atoms with van der Waals surface area (Å²) in [5.74, 6) is 0. The summed E-state index contributed by atoms with van der Waals surface area (Å²) in [4.78, 5) is 0. The maximum atomic E-state index is 8.85. The molecular formula is C14H18N2S. The van der Waals surface area contributed by atoms with Gasteiger partial charge in [-0.2, -0.15) is 17.0 Å². The Bertz CT molecular complexity index is 411. The van der Waals surface area contributed by atoms with Gasteiger partial charge < -0.3 is 5.32 Å². The van der Waals surface area contributed by atoms with E-state index in [-0.39, 0.29) is 0 Å². The number of hydrogen-bond donors (Lipinski definition) is 1. The lowest BCUT2D eigenvalue weighted by Crippen LogP contribution is -2.33. The molecule has 90 valence electrons. The molecule has 0 radical (unpaired) electrons. The molecule has 0 saturated heterocycles. The number of rotatable bonds is 4. The topological polar surface area (TPSA) is 35.8 Å². The highest BCUT2D eigenvalue weighted by atomic mass is 32.2. The first kappa shape index (κ1) is 12.5. The van der Waals surface area contributed by atoms with Crippen molar-refractivity contribution in [1.29, 1.82) is 5.26 Å². The minimum Gasteiger partial charge on any atom is -0.309 e. The molecule has 0 aromatic heterocycles. The summed E-state index contributed by atoms with van der Waals surface area (Å²) in [7, 11) is 0. The van der Waals surface area contributed by atoms with Gasteiger partial charge in [0.05, 0.1) is 11.6 Å². The molecule has 2 rings (SSSR count). The second kappa shape index (κ2) is 6.09. The molecule has 1 aliphatic rings. The quantitative estimate of drug-likeness (QED) is 0.887. The van der Waals surface area contributed by atoms with E-state index in [2.05, 4.69) is 23.7 Å². The van der Waals surface area contributed by atoms with E-state index in [9.17, 15) is 0 Å². The van der Waals surface area contributed by atoms with Crippen molar-refractivity contribution in [3.63, 3.8) is 0 Å². The maximum Gasteiger partial charge on any atom is 0.0991 e. The first-order valence-electron chi connectivity index (χ1n) is 6.08. The average molecular weight is 246 g/mol. The minimum atomic E-state index is 0.635. The van der Waals surface area contributed by atoms with Gasteiger partial charge in [-0.3, -0.25) is 0 Å². The van der Waals surface area contributed by atoms with Gasteiger partial charge in [-0.15, -0.1) is 0 Å². The molecule has 1 aliphatic carbocycles. The molecule has 3 heteroatoms. The average Bonchev–Trinajstić information content (AvgIpc) is 2.84. The molecule has 0 amide bonds. The highest BCUT2D eigenvalue weighted by Gasteiger charge is 2.25. The van der Waals surface area contributed by atoms with Gasteiger partial charge in [0, 0.05) is 17.8 Å². The Morgan fingerprint density at radius 2 is 2.35 bits per heavy atom. The molecule has 2 unspecified atom stereocenters. The zero-order valence-corrected chi connectivity index (χ0v) is 11.0. The molecule has 2 atom stereocenters. The maximum absolute atomic E-state index is 8.85. The third-order valence-electron chi connectivity index (χ3n) is 3.38. The second-order valence-electron chi connectivity index (χ2n) is 4.50. The summed E-state index contributed by atoms with van der Waals surface area (Å²) in [5, 5.41) is 13.2. The molecule has 1 aromatic carbocycles. The van der Waals surface area contributed by atoms with Crippen LogP contribution >= 0.6 is 11.8 Å². The van der Waals surface area contributed by atoms with Gasteiger partial charge in [-0.05, 0) is 36.8 Å². The fraction of sp³-hybridized carbons (Fsp3) is 0.500. The number of nitriles is 1. The van der Waals surface area contributed by atoms with Crippen molar-refractivity contribution in [2.24, 2.45) is 0 Å². The summed E-state index contributed by atoms with van der Waals surface area (Å²) in [6.07, 6.45) is 6.14. The first-order valence-corrected chi connectivity index (χ1v) is 7.37. The predicted octanol–water partition coefficient (Wildman–Crippen LogP) is 2.93. The molecule has 0 bridgehead atoms. The third-order valence-corrected chi connectivity index (χ3v) is 4.55. The highest BCUT2D eigenvalue weighted by Crippen LogP contribution is 2.28. The SMILES string of the molecule is CSC1CCCC1NCc1cccc(C#N)c1. The summed E-state index contributed by atoms with van der Waals surface area (Å²) < 4.78 is 0. The molecule has 1 fully saturated rings. The summed E-state index contributed by atoms with van der Waals surface area (Å²) in [6, 6.07) is 10.7. The van der Waals surface area contributed by atoms with Gasteiger partial charge in [-0.25, -0.2) is 0 Å². The number of benzene rings is 1. The van der Waals surface area contributed by atoms with E-state index in [0.717, 1.165) is 17.4 Å². The van der Waals surface area contributed by atoms with E-state index in [4.69, 9.17) is 5.26 Å². The Morgan fingerprint density at radius 1 is 1.47 bits per heavy atom. The van der Waals surface area contributed by atoms with Crippen LogP contribution in [0.4, 0.5) is 0 Å². The van der Waals surface area contributed by atoms with Crippen molar-refractivity contribution >= 4 is 11.8 Å². The first-order chi connectivity index (χ1) is 8.33. The van der Waals surface area contributed by atoms with E-state index in [1.807, 2.05) is 30.0 Å². The lowest BCUT2D eigenvalue weighted by molar-refractivity contribution is 0.532. The Balaban J connectivity index is 1.91. The predicted molar refractivity (Wildman–Crippen MR) is 72.9 cm³/mol. The van der Waals surface area contributed by atoms with E-state index in [1.54, 1.807) is 0 Å². The van der Waals surface area contributed by atoms with Crippen molar-refractivity contribution in [1.82, 2.24) is 5.32 Å². The van der Waals surface area contributed by atoms with Crippen LogP contribution in [0.15, 0.2) is 24.3 Å². The van der Waals surface area contributed by atoms with E-state index >= 15 is 0 Å². The molecule has 2 nitrogen and oxygen atoms in total. The van der Waals surface area contributed by atoms with Crippen molar-refractivity contribution in [2.75, 3.05) is 6.26 Å². The Kier molecular flexibility index (Phi) is 4.47. The van der Waals surface area contributed by atoms with Gasteiger partial charge in [0.2, 0.25) is 0 Å². The fourth-order valence-electron chi connectivity index (χ4n) is 2.44. The third kappa shape index (κ3) is 3.24. The molecule has 1 aromatic rings. The molecule has 1 saturated carbocycles. The molecule has 1 N–H and O–H groups in total. The molecule has 0 aliphatic heterocycles. The lowest BCUT2D eigenvalue weighted by atomic mass is 10.1. The number of thioether (sulfide) groups is 1. The van der Waals surface area contributed by atoms with Crippen LogP contribution in [0.2, 0.25) is 0 Å². The van der Waals surface area contributed by atoms with Crippen LogP contribution in [0.1, 0.15) is 30.4 Å². The van der Waals surface area contributed by atoms with Gasteiger partial charge >= 0.3 is 0 Å². The Hall–Kier alpha value is -0.980. The zero-order chi connectivity index (χ0) is 12.1. The van der Waals surface area contributed by atoms with Crippen LogP contribution in [0.5, 0.6) is 0 Å². The van der Waals surface area contributed by atoms with Crippen molar-refractivity contribution in [3.05, 3.63) is 35.4 Å². The fourth-order valence-corrected chi connectivity index (χ4v) is 3.40. The number of nitrogens with one attached hydrogen (secondary N) is 1.